The van der Waals surface area contributed by atoms with Crippen molar-refractivity contribution in [3.05, 3.63) is 38.8 Å². The summed E-state index contributed by atoms with van der Waals surface area (Å²) in [5, 5.41) is 4.33. The fourth-order valence-corrected chi connectivity index (χ4v) is 2.77. The standard InChI is InChI=1S/C13H15ClN2OS/c1-8-4-5-10(9(2)13(8)17-3)15-7-12-16-6-11(14)18-12/h4-6,15H,7H2,1-3H3. The van der Waals surface area contributed by atoms with E-state index in [2.05, 4.69) is 16.4 Å². The largest absolute Gasteiger partial charge is 0.496 e. The lowest BCUT2D eigenvalue weighted by atomic mass is 10.1. The highest BCUT2D eigenvalue weighted by Crippen LogP contribution is 2.29. The second-order valence-electron chi connectivity index (χ2n) is 4.00. The third-order valence-corrected chi connectivity index (χ3v) is 3.88. The maximum Gasteiger partial charge on any atom is 0.126 e. The van der Waals surface area contributed by atoms with Crippen LogP contribution in [0.2, 0.25) is 4.34 Å². The van der Waals surface area contributed by atoms with Crippen LogP contribution < -0.4 is 10.1 Å². The van der Waals surface area contributed by atoms with Crippen molar-refractivity contribution >= 4 is 28.6 Å². The zero-order valence-corrected chi connectivity index (χ0v) is 12.2. The fourth-order valence-electron chi connectivity index (χ4n) is 1.87. The first kappa shape index (κ1) is 13.2. The molecule has 1 aromatic heterocycles. The van der Waals surface area contributed by atoms with Gasteiger partial charge < -0.3 is 10.1 Å². The first-order valence-electron chi connectivity index (χ1n) is 5.60. The van der Waals surface area contributed by atoms with Gasteiger partial charge in [0.1, 0.15) is 15.1 Å². The van der Waals surface area contributed by atoms with E-state index in [0.29, 0.717) is 10.9 Å². The van der Waals surface area contributed by atoms with Crippen molar-refractivity contribution in [2.45, 2.75) is 20.4 Å². The molecule has 0 radical (unpaired) electrons. The van der Waals surface area contributed by atoms with Gasteiger partial charge in [-0.3, -0.25) is 0 Å². The van der Waals surface area contributed by atoms with E-state index in [-0.39, 0.29) is 0 Å². The Labute approximate surface area is 116 Å². The number of aryl methyl sites for hydroxylation is 1. The van der Waals surface area contributed by atoms with E-state index in [0.717, 1.165) is 27.6 Å². The van der Waals surface area contributed by atoms with E-state index in [1.165, 1.54) is 11.3 Å². The minimum atomic E-state index is 0.671. The van der Waals surface area contributed by atoms with Gasteiger partial charge >= 0.3 is 0 Å². The SMILES string of the molecule is COc1c(C)ccc(NCc2ncc(Cl)s2)c1C. The van der Waals surface area contributed by atoms with Crippen molar-refractivity contribution in [3.8, 4) is 5.75 Å². The molecule has 0 saturated heterocycles. The number of hydrogen-bond acceptors (Lipinski definition) is 4. The molecule has 0 atom stereocenters. The first-order chi connectivity index (χ1) is 8.61. The Bertz CT molecular complexity index is 554. The average Bonchev–Trinajstić information content (AvgIpc) is 2.75. The number of rotatable bonds is 4. The zero-order chi connectivity index (χ0) is 13.1. The van der Waals surface area contributed by atoms with E-state index >= 15 is 0 Å². The normalized spacial score (nSPS) is 10.4. The Kier molecular flexibility index (Phi) is 4.09. The van der Waals surface area contributed by atoms with Crippen LogP contribution in [0.1, 0.15) is 16.1 Å². The molecule has 0 aliphatic carbocycles. The first-order valence-corrected chi connectivity index (χ1v) is 6.79. The van der Waals surface area contributed by atoms with E-state index < -0.39 is 0 Å². The smallest absolute Gasteiger partial charge is 0.126 e. The van der Waals surface area contributed by atoms with E-state index in [4.69, 9.17) is 16.3 Å². The molecule has 0 spiro atoms. The van der Waals surface area contributed by atoms with Crippen molar-refractivity contribution in [3.63, 3.8) is 0 Å². The molecule has 0 bridgehead atoms. The van der Waals surface area contributed by atoms with Crippen molar-refractivity contribution in [2.24, 2.45) is 0 Å². The lowest BCUT2D eigenvalue weighted by Gasteiger charge is -2.14. The van der Waals surface area contributed by atoms with Crippen molar-refractivity contribution < 1.29 is 4.74 Å². The maximum atomic E-state index is 5.85. The molecule has 0 saturated carbocycles. The molecule has 1 heterocycles. The van der Waals surface area contributed by atoms with Crippen LogP contribution in [-0.2, 0) is 6.54 Å². The van der Waals surface area contributed by atoms with E-state index in [9.17, 15) is 0 Å². The van der Waals surface area contributed by atoms with Crippen LogP contribution in [-0.4, -0.2) is 12.1 Å². The van der Waals surface area contributed by atoms with Crippen LogP contribution in [0.25, 0.3) is 0 Å². The molecule has 1 aromatic carbocycles. The predicted molar refractivity (Wildman–Crippen MR) is 76.9 cm³/mol. The number of anilines is 1. The van der Waals surface area contributed by atoms with Gasteiger partial charge in [-0.15, -0.1) is 11.3 Å². The Morgan fingerprint density at radius 2 is 2.17 bits per heavy atom. The van der Waals surface area contributed by atoms with Gasteiger partial charge in [-0.25, -0.2) is 4.98 Å². The topological polar surface area (TPSA) is 34.1 Å². The summed E-state index contributed by atoms with van der Waals surface area (Å²) in [5.74, 6) is 0.928. The second-order valence-corrected chi connectivity index (χ2v) is 5.75. The molecule has 18 heavy (non-hydrogen) atoms. The number of thiazole rings is 1. The number of halogens is 1. The van der Waals surface area contributed by atoms with E-state index in [1.807, 2.05) is 19.9 Å². The Morgan fingerprint density at radius 3 is 2.78 bits per heavy atom. The lowest BCUT2D eigenvalue weighted by Crippen LogP contribution is -2.02. The lowest BCUT2D eigenvalue weighted by molar-refractivity contribution is 0.409. The van der Waals surface area contributed by atoms with Crippen LogP contribution in [0, 0.1) is 13.8 Å². The van der Waals surface area contributed by atoms with Gasteiger partial charge in [-0.05, 0) is 25.5 Å². The highest BCUT2D eigenvalue weighted by atomic mass is 35.5. The molecule has 2 aromatic rings. The van der Waals surface area contributed by atoms with Crippen LogP contribution in [0.15, 0.2) is 18.3 Å². The molecule has 3 nitrogen and oxygen atoms in total. The molecule has 96 valence electrons. The minimum Gasteiger partial charge on any atom is -0.496 e. The summed E-state index contributed by atoms with van der Waals surface area (Å²) in [7, 11) is 1.69. The molecular weight excluding hydrogens is 268 g/mol. The Hall–Kier alpha value is -1.26. The fraction of sp³-hybridized carbons (Fsp3) is 0.308. The average molecular weight is 283 g/mol. The highest BCUT2D eigenvalue weighted by molar-refractivity contribution is 7.15. The summed E-state index contributed by atoms with van der Waals surface area (Å²) in [6, 6.07) is 4.10. The molecule has 0 unspecified atom stereocenters. The molecule has 0 aliphatic rings. The number of ether oxygens (including phenoxy) is 1. The Morgan fingerprint density at radius 1 is 1.39 bits per heavy atom. The second kappa shape index (κ2) is 5.59. The quantitative estimate of drug-likeness (QED) is 0.919. The van der Waals surface area contributed by atoms with Gasteiger partial charge in [-0.2, -0.15) is 0 Å². The van der Waals surface area contributed by atoms with Gasteiger partial charge in [0.15, 0.2) is 0 Å². The molecule has 2 rings (SSSR count). The summed E-state index contributed by atoms with van der Waals surface area (Å²) in [6.45, 7) is 4.75. The molecule has 0 fully saturated rings. The van der Waals surface area contributed by atoms with Crippen molar-refractivity contribution in [1.82, 2.24) is 4.98 Å². The molecular formula is C13H15ClN2OS. The van der Waals surface area contributed by atoms with Crippen LogP contribution in [0.3, 0.4) is 0 Å². The third-order valence-electron chi connectivity index (χ3n) is 2.76. The summed E-state index contributed by atoms with van der Waals surface area (Å²) < 4.78 is 6.11. The highest BCUT2D eigenvalue weighted by Gasteiger charge is 2.08. The number of hydrogen-bond donors (Lipinski definition) is 1. The van der Waals surface area contributed by atoms with Gasteiger partial charge in [0, 0.05) is 11.3 Å². The molecule has 0 amide bonds. The maximum absolute atomic E-state index is 5.85. The zero-order valence-electron chi connectivity index (χ0n) is 10.6. The Balaban J connectivity index is 2.14. The molecule has 1 N–H and O–H groups in total. The van der Waals surface area contributed by atoms with Crippen molar-refractivity contribution in [2.75, 3.05) is 12.4 Å². The summed E-state index contributed by atoms with van der Waals surface area (Å²) in [5.41, 5.74) is 3.31. The third kappa shape index (κ3) is 2.76. The number of aromatic nitrogens is 1. The summed E-state index contributed by atoms with van der Waals surface area (Å²) in [4.78, 5) is 4.21. The van der Waals surface area contributed by atoms with Crippen LogP contribution >= 0.6 is 22.9 Å². The number of nitrogens with zero attached hydrogens (tertiary/aromatic N) is 1. The summed E-state index contributed by atoms with van der Waals surface area (Å²) in [6.07, 6.45) is 1.67. The van der Waals surface area contributed by atoms with Gasteiger partial charge in [0.25, 0.3) is 0 Å². The van der Waals surface area contributed by atoms with E-state index in [1.54, 1.807) is 13.3 Å². The van der Waals surface area contributed by atoms with Gasteiger partial charge in [-0.1, -0.05) is 17.7 Å². The van der Waals surface area contributed by atoms with Gasteiger partial charge in [0.2, 0.25) is 0 Å². The predicted octanol–water partition coefficient (Wildman–Crippen LogP) is 4.03. The summed E-state index contributed by atoms with van der Waals surface area (Å²) >= 11 is 7.34. The molecule has 0 aliphatic heterocycles. The number of nitrogens with one attached hydrogen (secondary N) is 1. The number of benzene rings is 1. The monoisotopic (exact) mass is 282 g/mol. The van der Waals surface area contributed by atoms with Crippen LogP contribution in [0.4, 0.5) is 5.69 Å². The minimum absolute atomic E-state index is 0.671. The van der Waals surface area contributed by atoms with Gasteiger partial charge in [0.05, 0.1) is 19.9 Å². The number of methoxy groups -OCH3 is 1. The van der Waals surface area contributed by atoms with Crippen LogP contribution in [0.5, 0.6) is 5.75 Å². The van der Waals surface area contributed by atoms with Crippen molar-refractivity contribution in [1.29, 1.82) is 0 Å². The molecule has 5 heteroatoms.